The molecule has 2 rings (SSSR count). The standard InChI is InChI=1S/C19H25N3O2S.ClH/c1-13(2)18(20)19(24)21-11-17(23)22(12-16-5-4-10-25-16)15-8-6-14(3)7-9-15;/h4-10,13,18H,11-12,20H2,1-3H3,(H,21,24);1H/t18-;/m0./s1. The number of nitrogens with one attached hydrogen (secondary N) is 1. The number of amides is 2. The predicted molar refractivity (Wildman–Crippen MR) is 110 cm³/mol. The quantitative estimate of drug-likeness (QED) is 0.756. The van der Waals surface area contributed by atoms with E-state index in [9.17, 15) is 9.59 Å². The van der Waals surface area contributed by atoms with Gasteiger partial charge in [-0.1, -0.05) is 37.6 Å². The number of carbonyl (C=O) groups is 2. The van der Waals surface area contributed by atoms with E-state index in [1.54, 1.807) is 16.2 Å². The minimum atomic E-state index is -0.613. The molecule has 0 saturated carbocycles. The van der Waals surface area contributed by atoms with Gasteiger partial charge in [-0.3, -0.25) is 9.59 Å². The highest BCUT2D eigenvalue weighted by molar-refractivity contribution is 7.09. The monoisotopic (exact) mass is 395 g/mol. The summed E-state index contributed by atoms with van der Waals surface area (Å²) in [6, 6.07) is 11.1. The Morgan fingerprint density at radius 1 is 1.19 bits per heavy atom. The highest BCUT2D eigenvalue weighted by Crippen LogP contribution is 2.20. The van der Waals surface area contributed by atoms with E-state index in [0.29, 0.717) is 6.54 Å². The smallest absolute Gasteiger partial charge is 0.246 e. The van der Waals surface area contributed by atoms with Gasteiger partial charge in [0.15, 0.2) is 0 Å². The lowest BCUT2D eigenvalue weighted by Gasteiger charge is -2.23. The predicted octanol–water partition coefficient (Wildman–Crippen LogP) is 3.11. The molecule has 0 spiro atoms. The molecule has 0 aliphatic heterocycles. The van der Waals surface area contributed by atoms with Crippen molar-refractivity contribution < 1.29 is 9.59 Å². The number of hydrogen-bond acceptors (Lipinski definition) is 4. The van der Waals surface area contributed by atoms with Gasteiger partial charge in [-0.25, -0.2) is 0 Å². The average molecular weight is 396 g/mol. The number of aryl methyl sites for hydroxylation is 1. The Morgan fingerprint density at radius 3 is 2.38 bits per heavy atom. The summed E-state index contributed by atoms with van der Waals surface area (Å²) < 4.78 is 0. The van der Waals surface area contributed by atoms with Crippen molar-refractivity contribution in [3.05, 3.63) is 52.2 Å². The molecular formula is C19H26ClN3O2S. The second-order valence-corrected chi connectivity index (χ2v) is 7.41. The Kier molecular flexibility index (Phi) is 8.78. The van der Waals surface area contributed by atoms with Crippen LogP contribution in [-0.4, -0.2) is 24.4 Å². The van der Waals surface area contributed by atoms with E-state index in [2.05, 4.69) is 5.32 Å². The van der Waals surface area contributed by atoms with Gasteiger partial charge in [-0.05, 0) is 36.4 Å². The maximum atomic E-state index is 12.7. The molecule has 0 saturated heterocycles. The number of halogens is 1. The van der Waals surface area contributed by atoms with Crippen molar-refractivity contribution in [1.82, 2.24) is 5.32 Å². The Bertz CT molecular complexity index is 702. The van der Waals surface area contributed by atoms with Crippen LogP contribution >= 0.6 is 23.7 Å². The molecule has 0 bridgehead atoms. The molecule has 26 heavy (non-hydrogen) atoms. The van der Waals surface area contributed by atoms with Crippen molar-refractivity contribution in [2.45, 2.75) is 33.4 Å². The van der Waals surface area contributed by atoms with Crippen LogP contribution in [0, 0.1) is 12.8 Å². The Labute approximate surface area is 165 Å². The molecule has 1 heterocycles. The molecule has 7 heteroatoms. The molecule has 5 nitrogen and oxygen atoms in total. The summed E-state index contributed by atoms with van der Waals surface area (Å²) in [6.45, 7) is 6.16. The Hall–Kier alpha value is -1.89. The van der Waals surface area contributed by atoms with Crippen molar-refractivity contribution in [2.75, 3.05) is 11.4 Å². The number of anilines is 1. The fourth-order valence-electron chi connectivity index (χ4n) is 2.29. The molecule has 3 N–H and O–H groups in total. The summed E-state index contributed by atoms with van der Waals surface area (Å²) in [5, 5.41) is 4.64. The van der Waals surface area contributed by atoms with Gasteiger partial charge in [0.05, 0.1) is 19.1 Å². The minimum Gasteiger partial charge on any atom is -0.346 e. The lowest BCUT2D eigenvalue weighted by Crippen LogP contribution is -2.47. The van der Waals surface area contributed by atoms with E-state index < -0.39 is 6.04 Å². The van der Waals surface area contributed by atoms with E-state index in [-0.39, 0.29) is 36.7 Å². The molecule has 2 aromatic rings. The molecule has 0 radical (unpaired) electrons. The lowest BCUT2D eigenvalue weighted by atomic mass is 10.1. The first-order valence-electron chi connectivity index (χ1n) is 8.31. The van der Waals surface area contributed by atoms with Crippen molar-refractivity contribution >= 4 is 41.2 Å². The topological polar surface area (TPSA) is 75.4 Å². The molecule has 1 atom stereocenters. The summed E-state index contributed by atoms with van der Waals surface area (Å²) in [5.41, 5.74) is 7.76. The molecule has 2 amide bonds. The molecule has 1 aromatic carbocycles. The van der Waals surface area contributed by atoms with Crippen LogP contribution in [0.4, 0.5) is 5.69 Å². The fraction of sp³-hybridized carbons (Fsp3) is 0.368. The number of hydrogen-bond donors (Lipinski definition) is 2. The van der Waals surface area contributed by atoms with Gasteiger partial charge in [-0.15, -0.1) is 23.7 Å². The zero-order chi connectivity index (χ0) is 18.4. The molecule has 1 aromatic heterocycles. The minimum absolute atomic E-state index is 0. The number of thiophene rings is 1. The van der Waals surface area contributed by atoms with Gasteiger partial charge in [-0.2, -0.15) is 0 Å². The van der Waals surface area contributed by atoms with Crippen molar-refractivity contribution in [3.63, 3.8) is 0 Å². The fourth-order valence-corrected chi connectivity index (χ4v) is 2.98. The first-order valence-corrected chi connectivity index (χ1v) is 9.19. The molecule has 0 aliphatic rings. The third-order valence-electron chi connectivity index (χ3n) is 3.98. The van der Waals surface area contributed by atoms with Crippen LogP contribution in [0.1, 0.15) is 24.3 Å². The zero-order valence-corrected chi connectivity index (χ0v) is 16.9. The van der Waals surface area contributed by atoms with Crippen molar-refractivity contribution in [2.24, 2.45) is 11.7 Å². The first kappa shape index (κ1) is 22.2. The van der Waals surface area contributed by atoms with Crippen LogP contribution in [-0.2, 0) is 16.1 Å². The van der Waals surface area contributed by atoms with Crippen LogP contribution in [0.2, 0.25) is 0 Å². The highest BCUT2D eigenvalue weighted by Gasteiger charge is 2.21. The van der Waals surface area contributed by atoms with E-state index in [0.717, 1.165) is 16.1 Å². The van der Waals surface area contributed by atoms with Crippen LogP contribution < -0.4 is 16.0 Å². The van der Waals surface area contributed by atoms with E-state index in [1.165, 1.54) is 0 Å². The van der Waals surface area contributed by atoms with Gasteiger partial charge in [0.2, 0.25) is 11.8 Å². The van der Waals surface area contributed by atoms with Gasteiger partial charge >= 0.3 is 0 Å². The van der Waals surface area contributed by atoms with Gasteiger partial charge < -0.3 is 16.0 Å². The number of carbonyl (C=O) groups excluding carboxylic acids is 2. The number of benzene rings is 1. The average Bonchev–Trinajstić information content (AvgIpc) is 3.10. The van der Waals surface area contributed by atoms with Crippen molar-refractivity contribution in [3.8, 4) is 0 Å². The maximum absolute atomic E-state index is 12.7. The Balaban J connectivity index is 0.00000338. The summed E-state index contributed by atoms with van der Waals surface area (Å²) >= 11 is 1.60. The highest BCUT2D eigenvalue weighted by atomic mass is 35.5. The second-order valence-electron chi connectivity index (χ2n) is 6.38. The van der Waals surface area contributed by atoms with E-state index >= 15 is 0 Å². The van der Waals surface area contributed by atoms with Gasteiger partial charge in [0.1, 0.15) is 0 Å². The molecule has 0 fully saturated rings. The van der Waals surface area contributed by atoms with Crippen LogP contribution in [0.25, 0.3) is 0 Å². The van der Waals surface area contributed by atoms with Crippen molar-refractivity contribution in [1.29, 1.82) is 0 Å². The lowest BCUT2D eigenvalue weighted by molar-refractivity contribution is -0.126. The summed E-state index contributed by atoms with van der Waals surface area (Å²) in [5.74, 6) is -0.445. The molecule has 0 aliphatic carbocycles. The van der Waals surface area contributed by atoms with Crippen LogP contribution in [0.3, 0.4) is 0 Å². The molecule has 142 valence electrons. The summed E-state index contributed by atoms with van der Waals surface area (Å²) in [6.07, 6.45) is 0. The van der Waals surface area contributed by atoms with E-state index in [1.807, 2.05) is 62.5 Å². The molecular weight excluding hydrogens is 370 g/mol. The first-order chi connectivity index (χ1) is 11.9. The Morgan fingerprint density at radius 2 is 1.85 bits per heavy atom. The summed E-state index contributed by atoms with van der Waals surface area (Å²) in [7, 11) is 0. The third kappa shape index (κ3) is 6.12. The van der Waals surface area contributed by atoms with E-state index in [4.69, 9.17) is 5.73 Å². The number of nitrogens with two attached hydrogens (primary N) is 1. The molecule has 0 unspecified atom stereocenters. The zero-order valence-electron chi connectivity index (χ0n) is 15.3. The maximum Gasteiger partial charge on any atom is 0.246 e. The van der Waals surface area contributed by atoms with Crippen LogP contribution in [0.5, 0.6) is 0 Å². The largest absolute Gasteiger partial charge is 0.346 e. The normalized spacial score (nSPS) is 11.6. The van der Waals surface area contributed by atoms with Gasteiger partial charge in [0, 0.05) is 10.6 Å². The van der Waals surface area contributed by atoms with Crippen LogP contribution in [0.15, 0.2) is 41.8 Å². The number of nitrogens with zero attached hydrogens (tertiary/aromatic N) is 1. The second kappa shape index (κ2) is 10.3. The SMILES string of the molecule is Cc1ccc(N(Cc2cccs2)C(=O)CNC(=O)[C@@H](N)C(C)C)cc1.Cl. The third-order valence-corrected chi connectivity index (χ3v) is 4.84. The summed E-state index contributed by atoms with van der Waals surface area (Å²) in [4.78, 5) is 27.5. The number of rotatable bonds is 7. The van der Waals surface area contributed by atoms with Gasteiger partial charge in [0.25, 0.3) is 0 Å².